The van der Waals surface area contributed by atoms with Crippen molar-refractivity contribution in [1.29, 1.82) is 0 Å². The van der Waals surface area contributed by atoms with Gasteiger partial charge in [-0.05, 0) is 30.2 Å². The molecular weight excluding hydrogens is 611 g/mol. The van der Waals surface area contributed by atoms with E-state index in [0.717, 1.165) is 24.5 Å². The Hall–Kier alpha value is -3.59. The van der Waals surface area contributed by atoms with E-state index in [1.54, 1.807) is 18.2 Å². The van der Waals surface area contributed by atoms with Gasteiger partial charge in [-0.3, -0.25) is 9.48 Å². The summed E-state index contributed by atoms with van der Waals surface area (Å²) >= 11 is 11.8. The molecule has 220 valence electrons. The fraction of sp³-hybridized carbons (Fsp3) is 0.280. The Kier molecular flexibility index (Phi) is 10.4. The molecule has 16 heteroatoms. The number of carbonyl (C=O) groups is 3. The molecular formula is C25H23Cl2F2N3O8S. The summed E-state index contributed by atoms with van der Waals surface area (Å²) in [6, 6.07) is 7.43. The summed E-state index contributed by atoms with van der Waals surface area (Å²) < 4.78 is 56.8. The number of amides is 1. The third-order valence-electron chi connectivity index (χ3n) is 5.68. The molecule has 41 heavy (non-hydrogen) atoms. The van der Waals surface area contributed by atoms with Crippen LogP contribution in [0.2, 0.25) is 10.0 Å². The number of aliphatic hydroxyl groups excluding tert-OH is 1. The largest absolute Gasteiger partial charge is 0.477 e. The molecule has 0 fully saturated rings. The first-order chi connectivity index (χ1) is 19.2. The molecule has 2 atom stereocenters. The molecule has 3 aromatic rings. The Balaban J connectivity index is 1.88. The van der Waals surface area contributed by atoms with Crippen LogP contribution in [-0.4, -0.2) is 77.0 Å². The van der Waals surface area contributed by atoms with E-state index in [1.807, 2.05) is 0 Å². The van der Waals surface area contributed by atoms with Gasteiger partial charge in [-0.15, -0.1) is 0 Å². The van der Waals surface area contributed by atoms with Crippen LogP contribution in [0.5, 0.6) is 0 Å². The highest BCUT2D eigenvalue weighted by atomic mass is 35.5. The lowest BCUT2D eigenvalue weighted by molar-refractivity contribution is -0.154. The number of aliphatic hydroxyl groups is 1. The van der Waals surface area contributed by atoms with Crippen LogP contribution in [0.3, 0.4) is 0 Å². The van der Waals surface area contributed by atoms with E-state index < -0.39 is 87.3 Å². The minimum absolute atomic E-state index is 0.207. The first-order valence-corrected chi connectivity index (χ1v) is 14.5. The second-order valence-electron chi connectivity index (χ2n) is 8.84. The molecule has 0 aliphatic rings. The van der Waals surface area contributed by atoms with Crippen LogP contribution in [0, 0.1) is 11.6 Å². The van der Waals surface area contributed by atoms with Crippen molar-refractivity contribution >= 4 is 50.9 Å². The van der Waals surface area contributed by atoms with E-state index in [9.17, 15) is 41.8 Å². The molecule has 3 rings (SSSR count). The number of carboxylic acid groups (broad SMARTS) is 1. The Morgan fingerprint density at radius 2 is 1.76 bits per heavy atom. The molecule has 1 aromatic heterocycles. The fourth-order valence-electron chi connectivity index (χ4n) is 3.62. The zero-order valence-electron chi connectivity index (χ0n) is 21.2. The Morgan fingerprint density at radius 1 is 1.12 bits per heavy atom. The van der Waals surface area contributed by atoms with Gasteiger partial charge in [0.05, 0.1) is 18.3 Å². The molecule has 0 saturated carbocycles. The average molecular weight is 634 g/mol. The van der Waals surface area contributed by atoms with Crippen molar-refractivity contribution in [2.24, 2.45) is 0 Å². The van der Waals surface area contributed by atoms with Gasteiger partial charge < -0.3 is 20.3 Å². The number of nitrogens with one attached hydrogen (secondary N) is 1. The first-order valence-electron chi connectivity index (χ1n) is 11.7. The van der Waals surface area contributed by atoms with E-state index in [4.69, 9.17) is 27.9 Å². The third-order valence-corrected chi connectivity index (χ3v) is 7.18. The number of aromatic carboxylic acids is 1. The number of nitrogens with zero attached hydrogens (tertiary/aromatic N) is 2. The summed E-state index contributed by atoms with van der Waals surface area (Å²) in [5.74, 6) is -6.49. The van der Waals surface area contributed by atoms with E-state index in [1.165, 1.54) is 6.07 Å². The van der Waals surface area contributed by atoms with Crippen LogP contribution in [0.1, 0.15) is 32.1 Å². The van der Waals surface area contributed by atoms with E-state index >= 15 is 0 Å². The van der Waals surface area contributed by atoms with Crippen LogP contribution >= 0.6 is 23.2 Å². The molecule has 0 aliphatic heterocycles. The Morgan fingerprint density at radius 3 is 2.34 bits per heavy atom. The summed E-state index contributed by atoms with van der Waals surface area (Å²) in [6.07, 6.45) is -1.28. The van der Waals surface area contributed by atoms with Crippen LogP contribution in [0.4, 0.5) is 8.78 Å². The number of hydrogen-bond donors (Lipinski definition) is 3. The number of sulfone groups is 1. The third kappa shape index (κ3) is 8.70. The number of benzene rings is 2. The van der Waals surface area contributed by atoms with E-state index in [0.29, 0.717) is 10.2 Å². The normalized spacial score (nSPS) is 12.9. The molecule has 1 amide bonds. The average Bonchev–Trinajstić information content (AvgIpc) is 3.30. The first kappa shape index (κ1) is 31.9. The molecule has 11 nitrogen and oxygen atoms in total. The lowest BCUT2D eigenvalue weighted by Crippen LogP contribution is -2.49. The predicted molar refractivity (Wildman–Crippen MR) is 143 cm³/mol. The van der Waals surface area contributed by atoms with Gasteiger partial charge in [-0.25, -0.2) is 26.8 Å². The second-order valence-corrected chi connectivity index (χ2v) is 11.9. The summed E-state index contributed by atoms with van der Waals surface area (Å²) in [5.41, 5.74) is -1.25. The fourth-order valence-corrected chi connectivity index (χ4v) is 4.41. The summed E-state index contributed by atoms with van der Waals surface area (Å²) in [7, 11) is -3.47. The maximum Gasteiger partial charge on any atom is 0.354 e. The predicted octanol–water partition coefficient (Wildman–Crippen LogP) is 2.50. The number of ether oxygens (including phenoxy) is 1. The van der Waals surface area contributed by atoms with Gasteiger partial charge in [0.25, 0.3) is 5.91 Å². The summed E-state index contributed by atoms with van der Waals surface area (Å²) in [6.45, 7) is -1.26. The Labute approximate surface area is 242 Å². The van der Waals surface area contributed by atoms with Gasteiger partial charge >= 0.3 is 11.9 Å². The molecule has 0 bridgehead atoms. The quantitative estimate of drug-likeness (QED) is 0.254. The van der Waals surface area contributed by atoms with Crippen LogP contribution in [-0.2, 0) is 32.3 Å². The van der Waals surface area contributed by atoms with Crippen molar-refractivity contribution in [3.05, 3.63) is 86.7 Å². The van der Waals surface area contributed by atoms with Gasteiger partial charge in [0.1, 0.15) is 23.9 Å². The number of hydrogen-bond acceptors (Lipinski definition) is 8. The molecule has 1 heterocycles. The van der Waals surface area contributed by atoms with Crippen molar-refractivity contribution in [2.75, 3.05) is 18.6 Å². The number of carbonyl (C=O) groups excluding carboxylic acids is 2. The van der Waals surface area contributed by atoms with E-state index in [2.05, 4.69) is 10.4 Å². The molecule has 3 N–H and O–H groups in total. The molecule has 0 aliphatic carbocycles. The van der Waals surface area contributed by atoms with Gasteiger partial charge in [0, 0.05) is 27.9 Å². The highest BCUT2D eigenvalue weighted by Gasteiger charge is 2.31. The maximum atomic E-state index is 14.3. The van der Waals surface area contributed by atoms with Crippen LogP contribution in [0.25, 0.3) is 0 Å². The highest BCUT2D eigenvalue weighted by Crippen LogP contribution is 2.21. The highest BCUT2D eigenvalue weighted by molar-refractivity contribution is 7.90. The van der Waals surface area contributed by atoms with Crippen molar-refractivity contribution in [3.8, 4) is 0 Å². The summed E-state index contributed by atoms with van der Waals surface area (Å²) in [5, 5.41) is 26.5. The number of carboxylic acids is 1. The second kappa shape index (κ2) is 13.4. The molecule has 0 radical (unpaired) electrons. The standard InChI is InChI=1S/C25H23Cl2F2N3O8S/c1-41(38,39)7-6-40-25(37)22(33)19(8-13-4-2-3-5-16(13)27)30-23(34)20-11-21(24(35)36)32(31-20)12-15-17(28)9-14(26)10-18(15)29/h2-5,9-11,19,22,33H,6-8,12H2,1H3,(H,30,34)(H,35,36)/t19-,22-/m1/s1. The van der Waals surface area contributed by atoms with Crippen molar-refractivity contribution in [3.63, 3.8) is 0 Å². The van der Waals surface area contributed by atoms with Crippen molar-refractivity contribution in [2.45, 2.75) is 25.1 Å². The Bertz CT molecular complexity index is 1560. The minimum Gasteiger partial charge on any atom is -0.477 e. The monoisotopic (exact) mass is 633 g/mol. The van der Waals surface area contributed by atoms with Gasteiger partial charge in [-0.1, -0.05) is 41.4 Å². The maximum absolute atomic E-state index is 14.3. The molecule has 0 spiro atoms. The lowest BCUT2D eigenvalue weighted by Gasteiger charge is -2.23. The van der Waals surface area contributed by atoms with Gasteiger partial charge in [0.2, 0.25) is 0 Å². The number of halogens is 4. The van der Waals surface area contributed by atoms with Crippen molar-refractivity contribution in [1.82, 2.24) is 15.1 Å². The topological polar surface area (TPSA) is 165 Å². The zero-order chi connectivity index (χ0) is 30.5. The number of esters is 1. The molecule has 2 aromatic carbocycles. The number of aromatic nitrogens is 2. The van der Waals surface area contributed by atoms with Gasteiger partial charge in [-0.2, -0.15) is 5.10 Å². The van der Waals surface area contributed by atoms with Gasteiger partial charge in [0.15, 0.2) is 21.6 Å². The molecule has 0 saturated heterocycles. The van der Waals surface area contributed by atoms with E-state index in [-0.39, 0.29) is 16.5 Å². The SMILES string of the molecule is CS(=O)(=O)CCOC(=O)[C@H](O)[C@@H](Cc1ccccc1Cl)NC(=O)c1cc(C(=O)O)n(Cc2c(F)cc(Cl)cc2F)n1. The van der Waals surface area contributed by atoms with Crippen LogP contribution < -0.4 is 5.32 Å². The zero-order valence-corrected chi connectivity index (χ0v) is 23.5. The molecule has 0 unspecified atom stereocenters. The van der Waals surface area contributed by atoms with Crippen LogP contribution in [0.15, 0.2) is 42.5 Å². The lowest BCUT2D eigenvalue weighted by atomic mass is 10.0. The smallest absolute Gasteiger partial charge is 0.354 e. The van der Waals surface area contributed by atoms with Crippen molar-refractivity contribution < 1.29 is 46.5 Å². The number of rotatable bonds is 12. The minimum atomic E-state index is -3.47. The summed E-state index contributed by atoms with van der Waals surface area (Å²) in [4.78, 5) is 37.4.